The molecule has 0 aromatic rings. The summed E-state index contributed by atoms with van der Waals surface area (Å²) in [6, 6.07) is 0. The number of hydrogen-bond acceptors (Lipinski definition) is 3. The molecule has 0 radical (unpaired) electrons. The summed E-state index contributed by atoms with van der Waals surface area (Å²) in [5.74, 6) is -0.211. The third-order valence-corrected chi connectivity index (χ3v) is 3.15. The van der Waals surface area contributed by atoms with Crippen LogP contribution < -0.4 is 0 Å². The van der Waals surface area contributed by atoms with Crippen molar-refractivity contribution in [2.75, 3.05) is 5.75 Å². The Labute approximate surface area is 77.2 Å². The van der Waals surface area contributed by atoms with E-state index in [1.165, 1.54) is 11.8 Å². The summed E-state index contributed by atoms with van der Waals surface area (Å²) in [5.41, 5.74) is 0. The molecule has 0 aromatic heterocycles. The Balaban J connectivity index is 3.88. The molecule has 0 rings (SSSR count). The summed E-state index contributed by atoms with van der Waals surface area (Å²) in [7, 11) is 0. The lowest BCUT2D eigenvalue weighted by molar-refractivity contribution is -0.137. The van der Waals surface area contributed by atoms with Gasteiger partial charge in [0.2, 0.25) is 0 Å². The van der Waals surface area contributed by atoms with E-state index in [1.54, 1.807) is 6.92 Å². The van der Waals surface area contributed by atoms with Crippen molar-refractivity contribution in [3.8, 4) is 0 Å². The van der Waals surface area contributed by atoms with Gasteiger partial charge in [0, 0.05) is 5.75 Å². The highest BCUT2D eigenvalue weighted by atomic mass is 32.2. The van der Waals surface area contributed by atoms with Crippen LogP contribution in [0.1, 0.15) is 20.8 Å². The number of aliphatic hydroxyl groups is 1. The Morgan fingerprint density at radius 3 is 2.17 bits per heavy atom. The van der Waals surface area contributed by atoms with Gasteiger partial charge < -0.3 is 10.2 Å². The largest absolute Gasteiger partial charge is 0.480 e. The molecular formula is C8H16O3S. The normalized spacial score (nSPS) is 16.1. The van der Waals surface area contributed by atoms with Gasteiger partial charge in [-0.1, -0.05) is 13.8 Å². The molecular weight excluding hydrogens is 176 g/mol. The van der Waals surface area contributed by atoms with Crippen LogP contribution in [0.25, 0.3) is 0 Å². The molecule has 0 saturated carbocycles. The molecule has 3 nitrogen and oxygen atoms in total. The molecule has 12 heavy (non-hydrogen) atoms. The van der Waals surface area contributed by atoms with E-state index >= 15 is 0 Å². The number of carboxylic acid groups (broad SMARTS) is 1. The second-order valence-corrected chi connectivity index (χ2v) is 4.36. The fourth-order valence-corrected chi connectivity index (χ4v) is 1.81. The maximum absolute atomic E-state index is 10.7. The van der Waals surface area contributed by atoms with E-state index in [4.69, 9.17) is 10.2 Å². The molecule has 0 heterocycles. The molecule has 0 spiro atoms. The quantitative estimate of drug-likeness (QED) is 0.687. The molecule has 2 N–H and O–H groups in total. The SMILES string of the molecule is CC(O)CSC(C(=O)O)C(C)C. The first-order valence-electron chi connectivity index (χ1n) is 3.97. The first-order chi connectivity index (χ1) is 5.45. The Hall–Kier alpha value is -0.220. The lowest BCUT2D eigenvalue weighted by Gasteiger charge is -2.16. The Morgan fingerprint density at radius 1 is 1.42 bits per heavy atom. The molecule has 0 aliphatic heterocycles. The van der Waals surface area contributed by atoms with Crippen LogP contribution in [0, 0.1) is 5.92 Å². The number of thioether (sulfide) groups is 1. The standard InChI is InChI=1S/C8H16O3S/c1-5(2)7(8(10)11)12-4-6(3)9/h5-7,9H,4H2,1-3H3,(H,10,11). The predicted molar refractivity (Wildman–Crippen MR) is 50.4 cm³/mol. The van der Waals surface area contributed by atoms with Crippen LogP contribution in [0.4, 0.5) is 0 Å². The average molecular weight is 192 g/mol. The van der Waals surface area contributed by atoms with E-state index < -0.39 is 17.3 Å². The molecule has 2 atom stereocenters. The van der Waals surface area contributed by atoms with Crippen molar-refractivity contribution in [1.82, 2.24) is 0 Å². The van der Waals surface area contributed by atoms with Gasteiger partial charge in [-0.3, -0.25) is 4.79 Å². The zero-order chi connectivity index (χ0) is 9.72. The molecule has 0 aliphatic rings. The minimum absolute atomic E-state index is 0.103. The summed E-state index contributed by atoms with van der Waals surface area (Å²) in [5, 5.41) is 17.3. The smallest absolute Gasteiger partial charge is 0.316 e. The Morgan fingerprint density at radius 2 is 1.92 bits per heavy atom. The van der Waals surface area contributed by atoms with E-state index in [0.717, 1.165) is 0 Å². The molecule has 0 bridgehead atoms. The molecule has 0 aromatic carbocycles. The van der Waals surface area contributed by atoms with E-state index in [-0.39, 0.29) is 5.92 Å². The van der Waals surface area contributed by atoms with Crippen molar-refractivity contribution >= 4 is 17.7 Å². The number of aliphatic carboxylic acids is 1. The fourth-order valence-electron chi connectivity index (χ4n) is 0.792. The summed E-state index contributed by atoms with van der Waals surface area (Å²) in [6.45, 7) is 5.40. The lowest BCUT2D eigenvalue weighted by Crippen LogP contribution is -2.24. The summed E-state index contributed by atoms with van der Waals surface area (Å²) < 4.78 is 0. The van der Waals surface area contributed by atoms with Crippen molar-refractivity contribution in [3.63, 3.8) is 0 Å². The number of rotatable bonds is 5. The van der Waals surface area contributed by atoms with Crippen molar-refractivity contribution in [3.05, 3.63) is 0 Å². The van der Waals surface area contributed by atoms with Gasteiger partial charge in [-0.25, -0.2) is 0 Å². The highest BCUT2D eigenvalue weighted by Gasteiger charge is 2.21. The number of carbonyl (C=O) groups is 1. The maximum atomic E-state index is 10.7. The minimum atomic E-state index is -0.796. The van der Waals surface area contributed by atoms with Gasteiger partial charge in [-0.2, -0.15) is 0 Å². The van der Waals surface area contributed by atoms with Crippen molar-refractivity contribution in [1.29, 1.82) is 0 Å². The zero-order valence-electron chi connectivity index (χ0n) is 7.65. The van der Waals surface area contributed by atoms with Crippen molar-refractivity contribution in [2.45, 2.75) is 32.1 Å². The average Bonchev–Trinajstić information content (AvgIpc) is 1.84. The Bertz CT molecular complexity index is 145. The van der Waals surface area contributed by atoms with E-state index in [9.17, 15) is 4.79 Å². The van der Waals surface area contributed by atoms with Gasteiger partial charge in [0.15, 0.2) is 0 Å². The zero-order valence-corrected chi connectivity index (χ0v) is 8.47. The number of aliphatic hydroxyl groups excluding tert-OH is 1. The van der Waals surface area contributed by atoms with Gasteiger partial charge in [-0.15, -0.1) is 11.8 Å². The van der Waals surface area contributed by atoms with E-state index in [1.807, 2.05) is 13.8 Å². The van der Waals surface area contributed by atoms with Crippen LogP contribution in [0.15, 0.2) is 0 Å². The summed E-state index contributed by atoms with van der Waals surface area (Å²) in [4.78, 5) is 10.7. The predicted octanol–water partition coefficient (Wildman–Crippen LogP) is 1.21. The molecule has 2 unspecified atom stereocenters. The van der Waals surface area contributed by atoms with Gasteiger partial charge in [-0.05, 0) is 12.8 Å². The van der Waals surface area contributed by atoms with E-state index in [2.05, 4.69) is 0 Å². The highest BCUT2D eigenvalue weighted by Crippen LogP contribution is 2.20. The molecule has 0 saturated heterocycles. The molecule has 0 aliphatic carbocycles. The Kier molecular flexibility index (Phi) is 5.33. The molecule has 4 heteroatoms. The third-order valence-electron chi connectivity index (χ3n) is 1.37. The highest BCUT2D eigenvalue weighted by molar-refractivity contribution is 8.00. The second-order valence-electron chi connectivity index (χ2n) is 3.19. The first kappa shape index (κ1) is 11.8. The van der Waals surface area contributed by atoms with Gasteiger partial charge >= 0.3 is 5.97 Å². The summed E-state index contributed by atoms with van der Waals surface area (Å²) in [6.07, 6.45) is -0.435. The lowest BCUT2D eigenvalue weighted by atomic mass is 10.1. The topological polar surface area (TPSA) is 57.5 Å². The van der Waals surface area contributed by atoms with Crippen LogP contribution >= 0.6 is 11.8 Å². The van der Waals surface area contributed by atoms with Gasteiger partial charge in [0.1, 0.15) is 5.25 Å². The maximum Gasteiger partial charge on any atom is 0.316 e. The molecule has 0 amide bonds. The first-order valence-corrected chi connectivity index (χ1v) is 5.02. The third kappa shape index (κ3) is 4.62. The molecule has 72 valence electrons. The molecule has 0 fully saturated rings. The fraction of sp³-hybridized carbons (Fsp3) is 0.875. The van der Waals surface area contributed by atoms with Crippen LogP contribution in [-0.4, -0.2) is 33.3 Å². The van der Waals surface area contributed by atoms with Gasteiger partial charge in [0.25, 0.3) is 0 Å². The van der Waals surface area contributed by atoms with E-state index in [0.29, 0.717) is 5.75 Å². The van der Waals surface area contributed by atoms with Gasteiger partial charge in [0.05, 0.1) is 6.10 Å². The monoisotopic (exact) mass is 192 g/mol. The van der Waals surface area contributed by atoms with Crippen LogP contribution in [0.5, 0.6) is 0 Å². The number of hydrogen-bond donors (Lipinski definition) is 2. The number of carboxylic acids is 1. The second kappa shape index (κ2) is 5.43. The van der Waals surface area contributed by atoms with Crippen molar-refractivity contribution in [2.24, 2.45) is 5.92 Å². The van der Waals surface area contributed by atoms with Crippen LogP contribution in [-0.2, 0) is 4.79 Å². The van der Waals surface area contributed by atoms with Crippen molar-refractivity contribution < 1.29 is 15.0 Å². The van der Waals surface area contributed by atoms with Crippen LogP contribution in [0.3, 0.4) is 0 Å². The minimum Gasteiger partial charge on any atom is -0.480 e. The van der Waals surface area contributed by atoms with Crippen LogP contribution in [0.2, 0.25) is 0 Å². The summed E-state index contributed by atoms with van der Waals surface area (Å²) >= 11 is 1.30.